The first-order valence-electron chi connectivity index (χ1n) is 5.67. The van der Waals surface area contributed by atoms with E-state index in [2.05, 4.69) is 15.5 Å². The van der Waals surface area contributed by atoms with Gasteiger partial charge in [0.15, 0.2) is 0 Å². The Morgan fingerprint density at radius 2 is 2.15 bits per heavy atom. The van der Waals surface area contributed by atoms with Gasteiger partial charge in [-0.15, -0.1) is 0 Å². The fourth-order valence-electron chi connectivity index (χ4n) is 1.71. The lowest BCUT2D eigenvalue weighted by Crippen LogP contribution is -2.13. The number of amides is 1. The van der Waals surface area contributed by atoms with Crippen LogP contribution in [0.4, 0.5) is 11.4 Å². The third-order valence-corrected chi connectivity index (χ3v) is 3.09. The molecule has 1 aromatic heterocycles. The molecule has 7 nitrogen and oxygen atoms in total. The first-order chi connectivity index (χ1) is 9.40. The van der Waals surface area contributed by atoms with Gasteiger partial charge in [0, 0.05) is 11.6 Å². The van der Waals surface area contributed by atoms with Crippen LogP contribution >= 0.6 is 11.6 Å². The van der Waals surface area contributed by atoms with Crippen molar-refractivity contribution in [3.63, 3.8) is 0 Å². The van der Waals surface area contributed by atoms with Crippen LogP contribution in [0.3, 0.4) is 0 Å². The van der Waals surface area contributed by atoms with Gasteiger partial charge in [-0.1, -0.05) is 11.6 Å². The predicted molar refractivity (Wildman–Crippen MR) is 74.1 cm³/mol. The molecule has 0 aliphatic carbocycles. The van der Waals surface area contributed by atoms with Crippen molar-refractivity contribution in [3.05, 3.63) is 50.3 Å². The van der Waals surface area contributed by atoms with E-state index >= 15 is 0 Å². The van der Waals surface area contributed by atoms with Gasteiger partial charge in [0.25, 0.3) is 11.6 Å². The fourth-order valence-corrected chi connectivity index (χ4v) is 1.90. The van der Waals surface area contributed by atoms with Crippen LogP contribution < -0.4 is 5.32 Å². The maximum atomic E-state index is 12.1. The molecule has 0 atom stereocenters. The van der Waals surface area contributed by atoms with Crippen molar-refractivity contribution in [2.24, 2.45) is 0 Å². The summed E-state index contributed by atoms with van der Waals surface area (Å²) in [5.74, 6) is -0.461. The second-order valence-corrected chi connectivity index (χ2v) is 4.59. The van der Waals surface area contributed by atoms with E-state index in [-0.39, 0.29) is 16.3 Å². The molecule has 0 saturated carbocycles. The maximum Gasteiger partial charge on any atom is 0.288 e. The number of nitrogens with zero attached hydrogens (tertiary/aromatic N) is 2. The molecule has 0 bridgehead atoms. The van der Waals surface area contributed by atoms with Gasteiger partial charge in [-0.3, -0.25) is 20.0 Å². The standard InChI is InChI=1S/C12H11ClN4O3/c1-6-11(7(2)16-15-6)14-12(18)8-3-4-9(13)10(5-8)17(19)20/h3-5H,1-2H3,(H,14,18)(H,15,16). The molecule has 20 heavy (non-hydrogen) atoms. The van der Waals surface area contributed by atoms with E-state index in [0.717, 1.165) is 6.07 Å². The van der Waals surface area contributed by atoms with E-state index < -0.39 is 10.8 Å². The highest BCUT2D eigenvalue weighted by molar-refractivity contribution is 6.32. The lowest BCUT2D eigenvalue weighted by atomic mass is 10.2. The Kier molecular flexibility index (Phi) is 3.71. The Balaban J connectivity index is 2.30. The lowest BCUT2D eigenvalue weighted by molar-refractivity contribution is -0.384. The van der Waals surface area contributed by atoms with E-state index in [0.29, 0.717) is 17.1 Å². The van der Waals surface area contributed by atoms with Crippen LogP contribution in [0.15, 0.2) is 18.2 Å². The number of aromatic amines is 1. The lowest BCUT2D eigenvalue weighted by Gasteiger charge is -2.05. The molecule has 0 fully saturated rings. The van der Waals surface area contributed by atoms with E-state index in [1.54, 1.807) is 13.8 Å². The highest BCUT2D eigenvalue weighted by atomic mass is 35.5. The van der Waals surface area contributed by atoms with Crippen molar-refractivity contribution in [1.82, 2.24) is 10.2 Å². The quantitative estimate of drug-likeness (QED) is 0.671. The van der Waals surface area contributed by atoms with Crippen LogP contribution in [0.25, 0.3) is 0 Å². The topological polar surface area (TPSA) is 101 Å². The number of nitrogens with one attached hydrogen (secondary N) is 2. The summed E-state index contributed by atoms with van der Waals surface area (Å²) in [6.07, 6.45) is 0. The molecule has 0 radical (unpaired) electrons. The Morgan fingerprint density at radius 1 is 1.45 bits per heavy atom. The highest BCUT2D eigenvalue weighted by Crippen LogP contribution is 2.26. The molecule has 0 saturated heterocycles. The third kappa shape index (κ3) is 2.62. The highest BCUT2D eigenvalue weighted by Gasteiger charge is 2.17. The fraction of sp³-hybridized carbons (Fsp3) is 0.167. The largest absolute Gasteiger partial charge is 0.319 e. The Bertz CT molecular complexity index is 677. The molecule has 8 heteroatoms. The second-order valence-electron chi connectivity index (χ2n) is 4.19. The predicted octanol–water partition coefficient (Wildman–Crippen LogP) is 2.84. The molecule has 104 valence electrons. The first-order valence-corrected chi connectivity index (χ1v) is 6.05. The minimum absolute atomic E-state index is 0.0118. The number of aromatic nitrogens is 2. The zero-order valence-corrected chi connectivity index (χ0v) is 11.5. The van der Waals surface area contributed by atoms with E-state index in [4.69, 9.17) is 11.6 Å². The van der Waals surface area contributed by atoms with Crippen molar-refractivity contribution in [2.75, 3.05) is 5.32 Å². The average molecular weight is 295 g/mol. The Labute approximate surface area is 119 Å². The van der Waals surface area contributed by atoms with Gasteiger partial charge in [0.1, 0.15) is 5.02 Å². The molecule has 1 amide bonds. The zero-order valence-electron chi connectivity index (χ0n) is 10.7. The monoisotopic (exact) mass is 294 g/mol. The van der Waals surface area contributed by atoms with E-state index in [9.17, 15) is 14.9 Å². The van der Waals surface area contributed by atoms with Crippen LogP contribution in [0.2, 0.25) is 5.02 Å². The van der Waals surface area contributed by atoms with Crippen LogP contribution in [0.5, 0.6) is 0 Å². The van der Waals surface area contributed by atoms with Crippen LogP contribution in [0, 0.1) is 24.0 Å². The summed E-state index contributed by atoms with van der Waals surface area (Å²) in [4.78, 5) is 22.2. The summed E-state index contributed by atoms with van der Waals surface area (Å²) in [6, 6.07) is 3.89. The van der Waals surface area contributed by atoms with Crippen molar-refractivity contribution in [3.8, 4) is 0 Å². The number of rotatable bonds is 3. The summed E-state index contributed by atoms with van der Waals surface area (Å²) in [7, 11) is 0. The summed E-state index contributed by atoms with van der Waals surface area (Å²) in [6.45, 7) is 3.50. The summed E-state index contributed by atoms with van der Waals surface area (Å²) in [5.41, 5.74) is 1.76. The molecular weight excluding hydrogens is 284 g/mol. The first kappa shape index (κ1) is 14.0. The molecule has 0 aliphatic rings. The van der Waals surface area contributed by atoms with Crippen LogP contribution in [0.1, 0.15) is 21.7 Å². The Hall–Kier alpha value is -2.41. The van der Waals surface area contributed by atoms with Gasteiger partial charge in [0.2, 0.25) is 0 Å². The third-order valence-electron chi connectivity index (χ3n) is 2.77. The summed E-state index contributed by atoms with van der Waals surface area (Å²) >= 11 is 5.70. The van der Waals surface area contributed by atoms with Crippen LogP contribution in [-0.4, -0.2) is 21.0 Å². The molecule has 1 heterocycles. The molecule has 2 N–H and O–H groups in total. The van der Waals surface area contributed by atoms with Gasteiger partial charge < -0.3 is 5.32 Å². The second kappa shape index (κ2) is 5.30. The molecule has 2 aromatic rings. The van der Waals surface area contributed by atoms with Crippen molar-refractivity contribution in [1.29, 1.82) is 0 Å². The van der Waals surface area contributed by atoms with Crippen molar-refractivity contribution < 1.29 is 9.72 Å². The maximum absolute atomic E-state index is 12.1. The average Bonchev–Trinajstić information content (AvgIpc) is 2.70. The number of carbonyl (C=O) groups excluding carboxylic acids is 1. The number of carbonyl (C=O) groups is 1. The molecule has 0 aliphatic heterocycles. The number of benzene rings is 1. The molecule has 1 aromatic carbocycles. The minimum Gasteiger partial charge on any atom is -0.319 e. The van der Waals surface area contributed by atoms with Gasteiger partial charge in [-0.05, 0) is 26.0 Å². The smallest absolute Gasteiger partial charge is 0.288 e. The molecule has 2 rings (SSSR count). The van der Waals surface area contributed by atoms with Gasteiger partial charge in [0.05, 0.1) is 22.0 Å². The normalized spacial score (nSPS) is 10.3. The van der Waals surface area contributed by atoms with Crippen molar-refractivity contribution >= 4 is 28.9 Å². The number of nitro groups is 1. The molecular formula is C12H11ClN4O3. The van der Waals surface area contributed by atoms with E-state index in [1.165, 1.54) is 12.1 Å². The number of H-pyrrole nitrogens is 1. The zero-order chi connectivity index (χ0) is 14.9. The minimum atomic E-state index is -0.631. The number of aryl methyl sites for hydroxylation is 2. The molecule has 0 unspecified atom stereocenters. The number of nitro benzene ring substituents is 1. The summed E-state index contributed by atoms with van der Waals surface area (Å²) in [5, 5.41) is 20.1. The van der Waals surface area contributed by atoms with Gasteiger partial charge in [-0.2, -0.15) is 5.10 Å². The number of halogens is 1. The Morgan fingerprint density at radius 3 is 2.70 bits per heavy atom. The summed E-state index contributed by atoms with van der Waals surface area (Å²) < 4.78 is 0. The number of hydrogen-bond acceptors (Lipinski definition) is 4. The van der Waals surface area contributed by atoms with Crippen molar-refractivity contribution in [2.45, 2.75) is 13.8 Å². The number of hydrogen-bond donors (Lipinski definition) is 2. The van der Waals surface area contributed by atoms with Gasteiger partial charge in [-0.25, -0.2) is 0 Å². The van der Waals surface area contributed by atoms with E-state index in [1.807, 2.05) is 0 Å². The molecule has 0 spiro atoms. The number of anilines is 1. The SMILES string of the molecule is Cc1n[nH]c(C)c1NC(=O)c1ccc(Cl)c([N+](=O)[O-])c1. The van der Waals surface area contributed by atoms with Crippen LogP contribution in [-0.2, 0) is 0 Å². The van der Waals surface area contributed by atoms with Gasteiger partial charge >= 0.3 is 0 Å².